The van der Waals surface area contributed by atoms with Gasteiger partial charge in [-0.3, -0.25) is 9.69 Å². The molecule has 0 unspecified atom stereocenters. The van der Waals surface area contributed by atoms with E-state index in [0.717, 1.165) is 5.56 Å². The predicted octanol–water partition coefficient (Wildman–Crippen LogP) is 4.04. The van der Waals surface area contributed by atoms with E-state index >= 15 is 0 Å². The van der Waals surface area contributed by atoms with E-state index in [-0.39, 0.29) is 24.0 Å². The molecule has 0 spiro atoms. The Morgan fingerprint density at radius 3 is 2.30 bits per heavy atom. The van der Waals surface area contributed by atoms with Crippen LogP contribution in [-0.4, -0.2) is 52.3 Å². The van der Waals surface area contributed by atoms with Crippen molar-refractivity contribution in [2.75, 3.05) is 40.2 Å². The topological polar surface area (TPSA) is 69.3 Å². The van der Waals surface area contributed by atoms with Crippen LogP contribution >= 0.6 is 11.6 Å². The molecule has 2 rings (SSSR count). The zero-order valence-corrected chi connectivity index (χ0v) is 17.8. The van der Waals surface area contributed by atoms with E-state index in [0.29, 0.717) is 28.8 Å². The lowest BCUT2D eigenvalue weighted by Crippen LogP contribution is -2.30. The van der Waals surface area contributed by atoms with Gasteiger partial charge in [-0.25, -0.2) is 0 Å². The van der Waals surface area contributed by atoms with Crippen molar-refractivity contribution in [2.24, 2.45) is 0 Å². The van der Waals surface area contributed by atoms with Crippen molar-refractivity contribution in [2.45, 2.75) is 13.2 Å². The van der Waals surface area contributed by atoms with E-state index < -0.39 is 6.61 Å². The van der Waals surface area contributed by atoms with Crippen molar-refractivity contribution in [3.8, 4) is 23.0 Å². The molecular weight excluding hydrogens is 422 g/mol. The minimum atomic E-state index is -2.94. The molecule has 0 bridgehead atoms. The van der Waals surface area contributed by atoms with Gasteiger partial charge in [0.05, 0.1) is 38.6 Å². The Morgan fingerprint density at radius 2 is 1.70 bits per heavy atom. The number of carbonyl (C=O) groups is 1. The number of benzene rings is 2. The monoisotopic (exact) mass is 444 g/mol. The standard InChI is InChI=1S/C20H23ClF2N2O5/c1-25(10-12-5-6-15(30-20(22)23)18(7-12)29-4)11-19(26)24-14-9-16(27-2)13(21)8-17(14)28-3/h5-9,20H,10-11H2,1-4H3,(H,24,26). The normalized spacial score (nSPS) is 10.8. The van der Waals surface area contributed by atoms with Gasteiger partial charge < -0.3 is 24.3 Å². The maximum absolute atomic E-state index is 12.5. The molecule has 1 amide bonds. The van der Waals surface area contributed by atoms with Crippen molar-refractivity contribution < 1.29 is 32.5 Å². The first-order valence-corrected chi connectivity index (χ1v) is 9.16. The number of likely N-dealkylation sites (N-methyl/N-ethyl adjacent to an activating group) is 1. The summed E-state index contributed by atoms with van der Waals surface area (Å²) in [4.78, 5) is 14.2. The largest absolute Gasteiger partial charge is 0.495 e. The van der Waals surface area contributed by atoms with Gasteiger partial charge in [-0.05, 0) is 24.7 Å². The summed E-state index contributed by atoms with van der Waals surface area (Å²) >= 11 is 6.07. The Bertz CT molecular complexity index is 883. The van der Waals surface area contributed by atoms with Crippen LogP contribution in [0.3, 0.4) is 0 Å². The summed E-state index contributed by atoms with van der Waals surface area (Å²) in [5.41, 5.74) is 1.18. The molecule has 2 aromatic carbocycles. The highest BCUT2D eigenvalue weighted by molar-refractivity contribution is 6.32. The van der Waals surface area contributed by atoms with Gasteiger partial charge in [0.1, 0.15) is 11.5 Å². The van der Waals surface area contributed by atoms with E-state index in [1.54, 1.807) is 36.2 Å². The Kier molecular flexibility index (Phi) is 8.49. The molecule has 0 aliphatic carbocycles. The van der Waals surface area contributed by atoms with Crippen molar-refractivity contribution in [3.05, 3.63) is 40.9 Å². The highest BCUT2D eigenvalue weighted by atomic mass is 35.5. The zero-order chi connectivity index (χ0) is 22.3. The molecule has 30 heavy (non-hydrogen) atoms. The van der Waals surface area contributed by atoms with Crippen molar-refractivity contribution in [1.82, 2.24) is 4.90 Å². The molecule has 0 fully saturated rings. The lowest BCUT2D eigenvalue weighted by molar-refractivity contribution is -0.117. The van der Waals surface area contributed by atoms with E-state index in [9.17, 15) is 13.6 Å². The van der Waals surface area contributed by atoms with E-state index in [4.69, 9.17) is 25.8 Å². The fraction of sp³-hybridized carbons (Fsp3) is 0.350. The SMILES string of the molecule is COc1cc(NC(=O)CN(C)Cc2ccc(OC(F)F)c(OC)c2)c(OC)cc1Cl. The van der Waals surface area contributed by atoms with Crippen LogP contribution in [0.5, 0.6) is 23.0 Å². The maximum Gasteiger partial charge on any atom is 0.387 e. The first kappa shape index (κ1) is 23.5. The third-order valence-electron chi connectivity index (χ3n) is 4.06. The summed E-state index contributed by atoms with van der Waals surface area (Å²) in [6.07, 6.45) is 0. The zero-order valence-electron chi connectivity index (χ0n) is 17.0. The number of ether oxygens (including phenoxy) is 4. The number of halogens is 3. The number of alkyl halides is 2. The molecule has 0 heterocycles. The quantitative estimate of drug-likeness (QED) is 0.596. The highest BCUT2D eigenvalue weighted by Crippen LogP contribution is 2.36. The number of nitrogens with zero attached hydrogens (tertiary/aromatic N) is 1. The minimum absolute atomic E-state index is 0.0552. The molecule has 0 aliphatic rings. The number of hydrogen-bond acceptors (Lipinski definition) is 6. The molecule has 164 valence electrons. The Labute approximate surface area is 178 Å². The number of rotatable bonds is 10. The van der Waals surface area contributed by atoms with Crippen molar-refractivity contribution in [3.63, 3.8) is 0 Å². The second kappa shape index (κ2) is 10.8. The number of amides is 1. The molecule has 0 atom stereocenters. The number of methoxy groups -OCH3 is 3. The molecule has 7 nitrogen and oxygen atoms in total. The average Bonchev–Trinajstić information content (AvgIpc) is 2.69. The van der Waals surface area contributed by atoms with Gasteiger partial charge >= 0.3 is 6.61 Å². The maximum atomic E-state index is 12.5. The molecule has 0 saturated heterocycles. The van der Waals surface area contributed by atoms with Crippen LogP contribution in [0.2, 0.25) is 5.02 Å². The van der Waals surface area contributed by atoms with Crippen molar-refractivity contribution >= 4 is 23.2 Å². The Balaban J connectivity index is 2.03. The summed E-state index contributed by atoms with van der Waals surface area (Å²) in [5.74, 6) is 0.643. The predicted molar refractivity (Wildman–Crippen MR) is 109 cm³/mol. The first-order valence-electron chi connectivity index (χ1n) is 8.79. The molecule has 0 aromatic heterocycles. The van der Waals surface area contributed by atoms with Gasteiger partial charge in [0.2, 0.25) is 5.91 Å². The second-order valence-electron chi connectivity index (χ2n) is 6.27. The minimum Gasteiger partial charge on any atom is -0.495 e. The van der Waals surface area contributed by atoms with Gasteiger partial charge in [0, 0.05) is 18.7 Å². The van der Waals surface area contributed by atoms with Crippen LogP contribution in [0.4, 0.5) is 14.5 Å². The fourth-order valence-corrected chi connectivity index (χ4v) is 3.00. The lowest BCUT2D eigenvalue weighted by Gasteiger charge is -2.19. The molecule has 1 N–H and O–H groups in total. The average molecular weight is 445 g/mol. The van der Waals surface area contributed by atoms with Gasteiger partial charge in [-0.1, -0.05) is 17.7 Å². The molecule has 0 aliphatic heterocycles. The number of hydrogen-bond donors (Lipinski definition) is 1. The number of carbonyl (C=O) groups excluding carboxylic acids is 1. The second-order valence-corrected chi connectivity index (χ2v) is 6.68. The third-order valence-corrected chi connectivity index (χ3v) is 4.35. The van der Waals surface area contributed by atoms with Crippen LogP contribution in [0, 0.1) is 0 Å². The Hall–Kier alpha value is -2.78. The van der Waals surface area contributed by atoms with Gasteiger partial charge in [0.15, 0.2) is 11.5 Å². The summed E-state index contributed by atoms with van der Waals surface area (Å²) < 4.78 is 44.8. The molecule has 0 radical (unpaired) electrons. The van der Waals surface area contributed by atoms with Crippen LogP contribution in [0.15, 0.2) is 30.3 Å². The number of nitrogens with one attached hydrogen (secondary N) is 1. The summed E-state index contributed by atoms with van der Waals surface area (Å²) in [6, 6.07) is 7.74. The fourth-order valence-electron chi connectivity index (χ4n) is 2.76. The smallest absolute Gasteiger partial charge is 0.387 e. The van der Waals surface area contributed by atoms with Gasteiger partial charge in [0.25, 0.3) is 0 Å². The molecule has 2 aromatic rings. The molecule has 0 saturated carbocycles. The van der Waals surface area contributed by atoms with E-state index in [2.05, 4.69) is 10.1 Å². The van der Waals surface area contributed by atoms with Crippen LogP contribution < -0.4 is 24.3 Å². The van der Waals surface area contributed by atoms with Gasteiger partial charge in [-0.2, -0.15) is 8.78 Å². The highest BCUT2D eigenvalue weighted by Gasteiger charge is 2.15. The van der Waals surface area contributed by atoms with Crippen LogP contribution in [-0.2, 0) is 11.3 Å². The third kappa shape index (κ3) is 6.36. The van der Waals surface area contributed by atoms with Crippen LogP contribution in [0.25, 0.3) is 0 Å². The van der Waals surface area contributed by atoms with Crippen LogP contribution in [0.1, 0.15) is 5.56 Å². The summed E-state index contributed by atoms with van der Waals surface area (Å²) in [7, 11) is 6.05. The first-order chi connectivity index (χ1) is 14.3. The molecule has 10 heteroatoms. The Morgan fingerprint density at radius 1 is 1.03 bits per heavy atom. The number of anilines is 1. The van der Waals surface area contributed by atoms with Crippen molar-refractivity contribution in [1.29, 1.82) is 0 Å². The summed E-state index contributed by atoms with van der Waals surface area (Å²) in [5, 5.41) is 3.12. The van der Waals surface area contributed by atoms with E-state index in [1.165, 1.54) is 27.4 Å². The summed E-state index contributed by atoms with van der Waals surface area (Å²) in [6.45, 7) is -2.51. The molecular formula is C20H23ClF2N2O5. The van der Waals surface area contributed by atoms with Gasteiger partial charge in [-0.15, -0.1) is 0 Å². The van der Waals surface area contributed by atoms with E-state index in [1.807, 2.05) is 0 Å². The lowest BCUT2D eigenvalue weighted by atomic mass is 10.2.